The number of carbonyl (C=O) groups excluding carboxylic acids is 2. The summed E-state index contributed by atoms with van der Waals surface area (Å²) in [4.78, 5) is 27.3. The largest absolute Gasteiger partial charge is 0.352 e. The lowest BCUT2D eigenvalue weighted by Gasteiger charge is -2.50. The summed E-state index contributed by atoms with van der Waals surface area (Å²) in [5.41, 5.74) is 5.74. The van der Waals surface area contributed by atoms with E-state index in [2.05, 4.69) is 34.8 Å². The highest BCUT2D eigenvalue weighted by Gasteiger charge is 2.50. The van der Waals surface area contributed by atoms with E-state index in [9.17, 15) is 9.59 Å². The fourth-order valence-corrected chi connectivity index (χ4v) is 4.81. The van der Waals surface area contributed by atoms with Crippen molar-refractivity contribution in [1.29, 1.82) is 0 Å². The van der Waals surface area contributed by atoms with Gasteiger partial charge in [-0.05, 0) is 43.7 Å². The first-order valence-corrected chi connectivity index (χ1v) is 9.67. The Kier molecular flexibility index (Phi) is 4.71. The summed E-state index contributed by atoms with van der Waals surface area (Å²) in [6.45, 7) is 3.50. The zero-order valence-corrected chi connectivity index (χ0v) is 15.6. The standard InChI is InChI=1S/C20H28N4O2/c1-13-5-3-4-6-15(13)12-21-19(25)14-7-8-16-18(11-14)23(2)20(26)17-9-10-22-24(16)17/h3-6,14,16-18,22H,7-12H2,1-2H3,(H,21,25). The number of nitrogens with one attached hydrogen (secondary N) is 2. The molecule has 2 N–H and O–H groups in total. The first-order valence-electron chi connectivity index (χ1n) is 9.67. The Bertz CT molecular complexity index is 707. The monoisotopic (exact) mass is 356 g/mol. The minimum absolute atomic E-state index is 0.0188. The summed E-state index contributed by atoms with van der Waals surface area (Å²) in [5, 5.41) is 5.28. The van der Waals surface area contributed by atoms with Crippen molar-refractivity contribution in [2.75, 3.05) is 13.6 Å². The molecule has 2 heterocycles. The highest BCUT2D eigenvalue weighted by Crippen LogP contribution is 2.36. The normalized spacial score (nSPS) is 31.5. The maximum absolute atomic E-state index is 12.7. The number of carbonyl (C=O) groups is 2. The van der Waals surface area contributed by atoms with E-state index >= 15 is 0 Å². The Hall–Kier alpha value is -1.92. The number of hydrogen-bond acceptors (Lipinski definition) is 4. The van der Waals surface area contributed by atoms with Gasteiger partial charge in [-0.15, -0.1) is 0 Å². The summed E-state index contributed by atoms with van der Waals surface area (Å²) in [6.07, 6.45) is 3.46. The number of nitrogens with zero attached hydrogens (tertiary/aromatic N) is 2. The smallest absolute Gasteiger partial charge is 0.241 e. The number of benzene rings is 1. The molecule has 3 aliphatic rings. The molecule has 1 aliphatic carbocycles. The lowest BCUT2D eigenvalue weighted by Crippen LogP contribution is -2.67. The number of hydrazine groups is 1. The van der Waals surface area contributed by atoms with E-state index in [1.54, 1.807) is 0 Å². The lowest BCUT2D eigenvalue weighted by atomic mass is 9.79. The minimum Gasteiger partial charge on any atom is -0.352 e. The predicted octanol–water partition coefficient (Wildman–Crippen LogP) is 1.20. The van der Waals surface area contributed by atoms with Crippen LogP contribution in [0.5, 0.6) is 0 Å². The van der Waals surface area contributed by atoms with Crippen molar-refractivity contribution in [1.82, 2.24) is 20.7 Å². The first-order chi connectivity index (χ1) is 12.6. The van der Waals surface area contributed by atoms with E-state index in [1.165, 1.54) is 5.56 Å². The summed E-state index contributed by atoms with van der Waals surface area (Å²) < 4.78 is 0. The van der Waals surface area contributed by atoms with Crippen molar-refractivity contribution in [3.05, 3.63) is 35.4 Å². The summed E-state index contributed by atoms with van der Waals surface area (Å²) in [6, 6.07) is 8.55. The zero-order valence-electron chi connectivity index (χ0n) is 15.6. The van der Waals surface area contributed by atoms with E-state index in [0.29, 0.717) is 12.6 Å². The second kappa shape index (κ2) is 7.00. The minimum atomic E-state index is -0.0207. The van der Waals surface area contributed by atoms with Gasteiger partial charge in [0.1, 0.15) is 6.04 Å². The van der Waals surface area contributed by atoms with Crippen LogP contribution in [-0.2, 0) is 16.1 Å². The third kappa shape index (κ3) is 3.01. The molecule has 1 saturated carbocycles. The maximum atomic E-state index is 12.7. The number of hydrogen-bond donors (Lipinski definition) is 2. The SMILES string of the molecule is Cc1ccccc1CNC(=O)C1CCC2C(C1)N(C)C(=O)C1CCNN12. The number of likely N-dealkylation sites (N-methyl/N-ethyl adjacent to an activating group) is 1. The second-order valence-electron chi connectivity index (χ2n) is 7.86. The van der Waals surface area contributed by atoms with Gasteiger partial charge in [-0.3, -0.25) is 15.0 Å². The molecular weight excluding hydrogens is 328 g/mol. The average molecular weight is 356 g/mol. The Balaban J connectivity index is 1.40. The van der Waals surface area contributed by atoms with E-state index in [4.69, 9.17) is 0 Å². The van der Waals surface area contributed by atoms with E-state index < -0.39 is 0 Å². The third-order valence-corrected chi connectivity index (χ3v) is 6.40. The van der Waals surface area contributed by atoms with Crippen molar-refractivity contribution in [2.45, 2.75) is 57.3 Å². The molecule has 1 aromatic rings. The molecule has 6 heteroatoms. The highest BCUT2D eigenvalue weighted by atomic mass is 16.2. The van der Waals surface area contributed by atoms with Gasteiger partial charge in [0.2, 0.25) is 11.8 Å². The average Bonchev–Trinajstić information content (AvgIpc) is 3.15. The van der Waals surface area contributed by atoms with Crippen LogP contribution in [0.15, 0.2) is 24.3 Å². The molecule has 0 spiro atoms. The molecule has 0 radical (unpaired) electrons. The van der Waals surface area contributed by atoms with Gasteiger partial charge < -0.3 is 10.2 Å². The molecule has 26 heavy (non-hydrogen) atoms. The molecule has 6 nitrogen and oxygen atoms in total. The third-order valence-electron chi connectivity index (χ3n) is 6.40. The van der Waals surface area contributed by atoms with Crippen LogP contribution in [0.4, 0.5) is 0 Å². The molecular formula is C20H28N4O2. The molecule has 0 bridgehead atoms. The summed E-state index contributed by atoms with van der Waals surface area (Å²) in [7, 11) is 1.91. The number of aryl methyl sites for hydroxylation is 1. The zero-order chi connectivity index (χ0) is 18.3. The molecule has 4 atom stereocenters. The number of rotatable bonds is 3. The van der Waals surface area contributed by atoms with Crippen LogP contribution in [0.2, 0.25) is 0 Å². The van der Waals surface area contributed by atoms with E-state index in [-0.39, 0.29) is 29.8 Å². The van der Waals surface area contributed by atoms with Crippen LogP contribution < -0.4 is 10.7 Å². The Morgan fingerprint density at radius 3 is 2.85 bits per heavy atom. The highest BCUT2D eigenvalue weighted by molar-refractivity contribution is 5.84. The van der Waals surface area contributed by atoms with Gasteiger partial charge in [0.05, 0.1) is 0 Å². The molecule has 2 amide bonds. The second-order valence-corrected chi connectivity index (χ2v) is 7.86. The van der Waals surface area contributed by atoms with Gasteiger partial charge in [-0.2, -0.15) is 0 Å². The molecule has 140 valence electrons. The quantitative estimate of drug-likeness (QED) is 0.854. The van der Waals surface area contributed by atoms with Gasteiger partial charge in [0, 0.05) is 38.1 Å². The lowest BCUT2D eigenvalue weighted by molar-refractivity contribution is -0.153. The van der Waals surface area contributed by atoms with Crippen LogP contribution in [0.3, 0.4) is 0 Å². The molecule has 0 aromatic heterocycles. The topological polar surface area (TPSA) is 64.7 Å². The van der Waals surface area contributed by atoms with Crippen molar-refractivity contribution < 1.29 is 9.59 Å². The fourth-order valence-electron chi connectivity index (χ4n) is 4.81. The molecule has 1 aromatic carbocycles. The van der Waals surface area contributed by atoms with E-state index in [1.807, 2.05) is 24.1 Å². The fraction of sp³-hybridized carbons (Fsp3) is 0.600. The van der Waals surface area contributed by atoms with Crippen molar-refractivity contribution in [3.63, 3.8) is 0 Å². The molecule has 2 aliphatic heterocycles. The first kappa shape index (κ1) is 17.5. The summed E-state index contributed by atoms with van der Waals surface area (Å²) in [5.74, 6) is 0.288. The molecule has 4 rings (SSSR count). The van der Waals surface area contributed by atoms with E-state index in [0.717, 1.165) is 37.8 Å². The predicted molar refractivity (Wildman–Crippen MR) is 99.0 cm³/mol. The van der Waals surface area contributed by atoms with Crippen molar-refractivity contribution >= 4 is 11.8 Å². The van der Waals surface area contributed by atoms with Gasteiger partial charge in [-0.1, -0.05) is 24.3 Å². The number of fused-ring (bicyclic) bond motifs is 3. The van der Waals surface area contributed by atoms with Crippen molar-refractivity contribution in [3.8, 4) is 0 Å². The van der Waals surface area contributed by atoms with Gasteiger partial charge in [-0.25, -0.2) is 5.01 Å². The van der Waals surface area contributed by atoms with Crippen LogP contribution in [-0.4, -0.2) is 53.4 Å². The molecule has 3 fully saturated rings. The van der Waals surface area contributed by atoms with Crippen LogP contribution in [0.25, 0.3) is 0 Å². The summed E-state index contributed by atoms with van der Waals surface area (Å²) >= 11 is 0. The van der Waals surface area contributed by atoms with Gasteiger partial charge in [0.15, 0.2) is 0 Å². The van der Waals surface area contributed by atoms with Crippen LogP contribution in [0.1, 0.15) is 36.8 Å². The number of piperazine rings is 1. The van der Waals surface area contributed by atoms with Gasteiger partial charge in [0.25, 0.3) is 0 Å². The molecule has 2 saturated heterocycles. The Morgan fingerprint density at radius 2 is 2.04 bits per heavy atom. The molecule has 4 unspecified atom stereocenters. The number of amides is 2. The van der Waals surface area contributed by atoms with Gasteiger partial charge >= 0.3 is 0 Å². The van der Waals surface area contributed by atoms with Crippen molar-refractivity contribution in [2.24, 2.45) is 5.92 Å². The Labute approximate surface area is 154 Å². The maximum Gasteiger partial charge on any atom is 0.241 e. The Morgan fingerprint density at radius 1 is 1.23 bits per heavy atom. The van der Waals surface area contributed by atoms with Crippen LogP contribution >= 0.6 is 0 Å². The van der Waals surface area contributed by atoms with Crippen LogP contribution in [0, 0.1) is 12.8 Å².